The van der Waals surface area contributed by atoms with Gasteiger partial charge in [0.1, 0.15) is 40.4 Å². The van der Waals surface area contributed by atoms with E-state index in [0.717, 1.165) is 155 Å². The molecule has 101 heavy (non-hydrogen) atoms. The highest BCUT2D eigenvalue weighted by Gasteiger charge is 2.41. The summed E-state index contributed by atoms with van der Waals surface area (Å²) in [6.07, 6.45) is 35.4. The molecule has 20 aromatic heterocycles. The first kappa shape index (κ1) is 55.7. The van der Waals surface area contributed by atoms with Crippen molar-refractivity contribution in [3.05, 3.63) is 255 Å². The van der Waals surface area contributed by atoms with Gasteiger partial charge in [-0.25, -0.2) is 19.5 Å². The highest BCUT2D eigenvalue weighted by molar-refractivity contribution is 7.24. The van der Waals surface area contributed by atoms with E-state index in [4.69, 9.17) is 22.1 Å². The summed E-state index contributed by atoms with van der Waals surface area (Å²) in [5, 5.41) is 4.57. The SMILES string of the molecule is c1cc2c(cn1)C[n+]1c-2oc2cc3cnccn3c21.c1cc2c(cn1)C[n+]1c-2sc2cc3cnccn3c21.c1ccc(-n2c3ncccc3c3c2oc2[n+]3Cc3cnccc3-2)cc1.c1cnc2oc3oc4[n+](c3c2c1)Cc1cnccc1-4.c1cnc2sc3oc4[n+](c3c2c1)Cc1cnccc1-4. The molecule has 23 nitrogen and oxygen atoms in total. The summed E-state index contributed by atoms with van der Waals surface area (Å²) >= 11 is 3.45. The fourth-order valence-electron chi connectivity index (χ4n) is 15.0. The first-order valence-electron chi connectivity index (χ1n) is 32.6. The van der Waals surface area contributed by atoms with Crippen molar-refractivity contribution in [3.8, 4) is 62.1 Å². The van der Waals surface area contributed by atoms with Gasteiger partial charge in [-0.1, -0.05) is 40.9 Å². The highest BCUT2D eigenvalue weighted by Crippen LogP contribution is 2.41. The van der Waals surface area contributed by atoms with E-state index in [1.807, 2.05) is 177 Å². The Labute approximate surface area is 575 Å². The molecule has 478 valence electrons. The lowest BCUT2D eigenvalue weighted by molar-refractivity contribution is -0.651. The molecule has 0 bridgehead atoms. The standard InChI is InChI=1S/C20H13N4O.C14H9N4O.C14H9N4S.C14H8N3O2.C14H8N3OS/c1-2-5-14(6-3-1)24-18-16(7-4-9-22-18)17-20(24)25-19-15-8-10-21-11-13(15)12-23(17)19;2*1-2-15-6-9-8-18-13-12(19-14(18)11(1)9)5-10-7-16-3-4-17(10)13;1-2-10-11-14(18-12(10)16-4-1)19-13-9-3-5-15-6-8(9)7-17(11)13;1-2-10-11-14(19-12(10)16-4-1)18-13-9-3-5-15-6-8(9)7-17(11)13/h1-11H,12H2;2*1-7H,8H2;2*1-6H,7H2/q5*+1. The predicted octanol–water partition coefficient (Wildman–Crippen LogP) is 12.6. The normalized spacial score (nSPS) is 13.0. The average molecular weight is 1360 g/mol. The van der Waals surface area contributed by atoms with E-state index in [1.165, 1.54) is 54.1 Å². The number of aromatic nitrogens is 18. The second kappa shape index (κ2) is 21.6. The maximum absolute atomic E-state index is 6.37. The summed E-state index contributed by atoms with van der Waals surface area (Å²) in [5.74, 6) is 4.10. The lowest BCUT2D eigenvalue weighted by atomic mass is 10.2. The molecule has 0 amide bonds. The number of furan rings is 1. The Balaban J connectivity index is 0.0000000805. The number of hydrogen-bond donors (Lipinski definition) is 0. The summed E-state index contributed by atoms with van der Waals surface area (Å²) in [6.45, 7) is 4.07. The van der Waals surface area contributed by atoms with Crippen LogP contribution in [0, 0.1) is 0 Å². The van der Waals surface area contributed by atoms with Gasteiger partial charge in [-0.05, 0) is 78.9 Å². The molecule has 0 N–H and O–H groups in total. The Morgan fingerprint density at radius 1 is 0.386 bits per heavy atom. The number of para-hydroxylation sites is 1. The van der Waals surface area contributed by atoms with E-state index in [1.54, 1.807) is 36.1 Å². The van der Waals surface area contributed by atoms with Gasteiger partial charge in [0.05, 0.1) is 80.2 Å². The van der Waals surface area contributed by atoms with Crippen molar-refractivity contribution in [1.29, 1.82) is 0 Å². The van der Waals surface area contributed by atoms with E-state index in [9.17, 15) is 0 Å². The molecule has 0 fully saturated rings. The number of hydrogen-bond acceptors (Lipinski definition) is 17. The molecule has 5 aliphatic rings. The van der Waals surface area contributed by atoms with Crippen LogP contribution in [0.1, 0.15) is 27.8 Å². The van der Waals surface area contributed by atoms with Crippen molar-refractivity contribution in [1.82, 2.24) is 63.2 Å². The van der Waals surface area contributed by atoms with E-state index < -0.39 is 0 Å². The molecule has 0 spiro atoms. The minimum absolute atomic E-state index is 0.533. The molecule has 21 aromatic rings. The van der Waals surface area contributed by atoms with Crippen LogP contribution in [0.2, 0.25) is 0 Å². The second-order valence-corrected chi connectivity index (χ2v) is 26.9. The van der Waals surface area contributed by atoms with Crippen LogP contribution < -0.4 is 22.8 Å². The topological polar surface area (TPSA) is 228 Å². The number of thiazole rings is 1. The molecule has 0 saturated carbocycles. The van der Waals surface area contributed by atoms with Crippen LogP contribution in [-0.4, -0.2) is 63.2 Å². The van der Waals surface area contributed by atoms with E-state index in [2.05, 4.69) is 122 Å². The summed E-state index contributed by atoms with van der Waals surface area (Å²) in [5.41, 5.74) is 23.9. The van der Waals surface area contributed by atoms with Crippen molar-refractivity contribution < 1.29 is 44.9 Å². The molecule has 0 aliphatic carbocycles. The van der Waals surface area contributed by atoms with Gasteiger partial charge < -0.3 is 22.1 Å². The molecule has 0 saturated heterocycles. The van der Waals surface area contributed by atoms with E-state index in [0.29, 0.717) is 11.5 Å². The third-order valence-corrected chi connectivity index (χ3v) is 21.5. The minimum atomic E-state index is 0.533. The van der Waals surface area contributed by atoms with Crippen LogP contribution in [0.25, 0.3) is 160 Å². The largest absolute Gasteiger partial charge is 0.414 e. The summed E-state index contributed by atoms with van der Waals surface area (Å²) < 4.78 is 48.8. The van der Waals surface area contributed by atoms with Gasteiger partial charge in [-0.15, -0.1) is 9.13 Å². The predicted molar refractivity (Wildman–Crippen MR) is 372 cm³/mol. The van der Waals surface area contributed by atoms with Gasteiger partial charge in [0.2, 0.25) is 11.3 Å². The molecular weight excluding hydrogens is 1310 g/mol. The lowest BCUT2D eigenvalue weighted by Crippen LogP contribution is -2.31. The summed E-state index contributed by atoms with van der Waals surface area (Å²) in [7, 11) is 0. The van der Waals surface area contributed by atoms with Crippen molar-refractivity contribution >= 4 is 121 Å². The van der Waals surface area contributed by atoms with E-state index in [-0.39, 0.29) is 0 Å². The second-order valence-electron chi connectivity index (χ2n) is 24.9. The van der Waals surface area contributed by atoms with Gasteiger partial charge in [-0.2, -0.15) is 17.9 Å². The van der Waals surface area contributed by atoms with Crippen molar-refractivity contribution in [2.75, 3.05) is 0 Å². The third-order valence-electron chi connectivity index (χ3n) is 19.4. The Kier molecular flexibility index (Phi) is 11.9. The molecule has 0 unspecified atom stereocenters. The Morgan fingerprint density at radius 3 is 1.61 bits per heavy atom. The molecule has 26 rings (SSSR count). The highest BCUT2D eigenvalue weighted by atomic mass is 32.1. The van der Waals surface area contributed by atoms with Crippen LogP contribution in [-0.2, 0) is 32.7 Å². The molecule has 1 aromatic carbocycles. The minimum Gasteiger partial charge on any atom is -0.414 e. The number of nitrogens with zero attached hydrogens (tertiary/aromatic N) is 18. The number of oxazole rings is 4. The molecular formula is C76H47N18O5S2+5. The summed E-state index contributed by atoms with van der Waals surface area (Å²) in [4.78, 5) is 44.5. The molecule has 0 radical (unpaired) electrons. The van der Waals surface area contributed by atoms with Crippen LogP contribution in [0.15, 0.2) is 249 Å². The van der Waals surface area contributed by atoms with E-state index >= 15 is 0 Å². The van der Waals surface area contributed by atoms with Crippen molar-refractivity contribution in [2.45, 2.75) is 32.7 Å². The molecule has 25 heteroatoms. The third kappa shape index (κ3) is 8.34. The number of fused-ring (bicyclic) bond motifs is 35. The maximum atomic E-state index is 6.37. The fourth-order valence-corrected chi connectivity index (χ4v) is 17.3. The zero-order valence-corrected chi connectivity index (χ0v) is 54.4. The van der Waals surface area contributed by atoms with Crippen LogP contribution in [0.3, 0.4) is 0 Å². The lowest BCUT2D eigenvalue weighted by Gasteiger charge is -2.03. The zero-order chi connectivity index (χ0) is 66.0. The summed E-state index contributed by atoms with van der Waals surface area (Å²) in [6, 6.07) is 36.6. The smallest absolute Gasteiger partial charge is 0.385 e. The fraction of sp³-hybridized carbons (Fsp3) is 0.0658. The van der Waals surface area contributed by atoms with Crippen LogP contribution in [0.5, 0.6) is 0 Å². The molecule has 25 heterocycles. The Morgan fingerprint density at radius 2 is 0.921 bits per heavy atom. The average Bonchev–Trinajstić information content (AvgIpc) is 1.57. The number of benzene rings is 1. The maximum Gasteiger partial charge on any atom is 0.385 e. The van der Waals surface area contributed by atoms with Gasteiger partial charge in [0.15, 0.2) is 41.3 Å². The van der Waals surface area contributed by atoms with Gasteiger partial charge in [0, 0.05) is 109 Å². The number of thiophene rings is 1. The van der Waals surface area contributed by atoms with Crippen molar-refractivity contribution in [2.24, 2.45) is 0 Å². The Hall–Kier alpha value is -13.4. The number of pyridine rings is 8. The van der Waals surface area contributed by atoms with Crippen LogP contribution >= 0.6 is 22.7 Å². The van der Waals surface area contributed by atoms with Gasteiger partial charge in [-0.3, -0.25) is 39.5 Å². The Bertz CT molecular complexity index is 6380. The quantitative estimate of drug-likeness (QED) is 0.139. The van der Waals surface area contributed by atoms with Crippen molar-refractivity contribution in [3.63, 3.8) is 0 Å². The van der Waals surface area contributed by atoms with Gasteiger partial charge in [0.25, 0.3) is 27.5 Å². The molecule has 5 aliphatic heterocycles. The monoisotopic (exact) mass is 1360 g/mol. The zero-order valence-electron chi connectivity index (χ0n) is 52.8. The first-order valence-corrected chi connectivity index (χ1v) is 34.2. The molecule has 0 atom stereocenters. The van der Waals surface area contributed by atoms with Crippen LogP contribution in [0.4, 0.5) is 0 Å². The number of rotatable bonds is 1. The first-order chi connectivity index (χ1) is 50.1. The van der Waals surface area contributed by atoms with Gasteiger partial charge >= 0.3 is 40.3 Å².